The molecule has 0 saturated carbocycles. The number of rotatable bonds is 10. The fourth-order valence-corrected chi connectivity index (χ4v) is 6.65. The third-order valence-electron chi connectivity index (χ3n) is 8.91. The molecular formula is C35H39ClN6O4. The molecule has 2 aromatic heterocycles. The van der Waals surface area contributed by atoms with Gasteiger partial charge in [-0.25, -0.2) is 9.97 Å². The van der Waals surface area contributed by atoms with Crippen LogP contribution in [0.2, 0.25) is 5.02 Å². The number of amides is 2. The average Bonchev–Trinajstić information content (AvgIpc) is 3.60. The molecule has 2 aromatic carbocycles. The van der Waals surface area contributed by atoms with E-state index in [0.29, 0.717) is 42.2 Å². The zero-order valence-corrected chi connectivity index (χ0v) is 27.1. The molecule has 240 valence electrons. The molecule has 4 heterocycles. The highest BCUT2D eigenvalue weighted by molar-refractivity contribution is 6.30. The lowest BCUT2D eigenvalue weighted by molar-refractivity contribution is -0.158. The Morgan fingerprint density at radius 1 is 1.02 bits per heavy atom. The predicted molar refractivity (Wildman–Crippen MR) is 177 cm³/mol. The van der Waals surface area contributed by atoms with E-state index in [-0.39, 0.29) is 42.2 Å². The van der Waals surface area contributed by atoms with Crippen molar-refractivity contribution in [2.75, 3.05) is 31.1 Å². The van der Waals surface area contributed by atoms with Crippen LogP contribution in [0.1, 0.15) is 78.8 Å². The van der Waals surface area contributed by atoms with Crippen molar-refractivity contribution in [3.05, 3.63) is 88.8 Å². The molecule has 2 aliphatic rings. The summed E-state index contributed by atoms with van der Waals surface area (Å²) in [4.78, 5) is 55.1. The number of hydrogen-bond donors (Lipinski definition) is 2. The summed E-state index contributed by atoms with van der Waals surface area (Å²) in [7, 11) is 0. The molecular weight excluding hydrogens is 604 g/mol. The molecule has 0 bridgehead atoms. The quantitative estimate of drug-likeness (QED) is 0.161. The Balaban J connectivity index is 1.21. The van der Waals surface area contributed by atoms with Gasteiger partial charge in [0.15, 0.2) is 0 Å². The molecule has 11 heteroatoms. The van der Waals surface area contributed by atoms with Crippen LogP contribution in [0.25, 0.3) is 11.0 Å². The maximum atomic E-state index is 13.3. The number of fused-ring (bicyclic) bond motifs is 2. The standard InChI is InChI=1S/C35H39ClN6O4/c1-34(2,3)46-29(43)20-35(14-18-41(19-15-35)31-27-12-16-37-30(27)39-22-40-31)21-38-28(23-8-10-24(36)11-9-23)13-17-42-32(44)25-6-4-5-7-26(25)33(42)45/h4-12,16,22,28,38H,13-15,17-21H2,1-3H3,(H,37,39,40). The lowest BCUT2D eigenvalue weighted by Crippen LogP contribution is -2.48. The van der Waals surface area contributed by atoms with Gasteiger partial charge in [0.25, 0.3) is 11.8 Å². The monoisotopic (exact) mass is 642 g/mol. The number of hydrogen-bond acceptors (Lipinski definition) is 8. The van der Waals surface area contributed by atoms with Gasteiger partial charge in [-0.3, -0.25) is 19.3 Å². The van der Waals surface area contributed by atoms with Gasteiger partial charge >= 0.3 is 5.97 Å². The number of piperidine rings is 1. The summed E-state index contributed by atoms with van der Waals surface area (Å²) in [6.07, 6.45) is 5.67. The van der Waals surface area contributed by atoms with E-state index in [1.807, 2.05) is 57.3 Å². The molecule has 1 atom stereocenters. The first kappa shape index (κ1) is 31.7. The Morgan fingerprint density at radius 3 is 2.35 bits per heavy atom. The van der Waals surface area contributed by atoms with Crippen molar-refractivity contribution in [2.45, 2.75) is 58.1 Å². The zero-order valence-electron chi connectivity index (χ0n) is 26.4. The van der Waals surface area contributed by atoms with E-state index >= 15 is 0 Å². The van der Waals surface area contributed by atoms with E-state index in [9.17, 15) is 14.4 Å². The van der Waals surface area contributed by atoms with Gasteiger partial charge < -0.3 is 19.9 Å². The van der Waals surface area contributed by atoms with Crippen LogP contribution in [0.5, 0.6) is 0 Å². The summed E-state index contributed by atoms with van der Waals surface area (Å²) in [6.45, 7) is 7.85. The van der Waals surface area contributed by atoms with E-state index in [1.165, 1.54) is 4.90 Å². The minimum atomic E-state index is -0.592. The lowest BCUT2D eigenvalue weighted by Gasteiger charge is -2.43. The summed E-state index contributed by atoms with van der Waals surface area (Å²) < 4.78 is 5.80. The minimum Gasteiger partial charge on any atom is -0.460 e. The topological polar surface area (TPSA) is 121 Å². The Morgan fingerprint density at radius 2 is 1.70 bits per heavy atom. The first-order valence-electron chi connectivity index (χ1n) is 15.7. The average molecular weight is 643 g/mol. The number of H-pyrrole nitrogens is 1. The highest BCUT2D eigenvalue weighted by Crippen LogP contribution is 2.39. The van der Waals surface area contributed by atoms with Crippen LogP contribution in [-0.4, -0.2) is 69.4 Å². The summed E-state index contributed by atoms with van der Waals surface area (Å²) >= 11 is 6.23. The smallest absolute Gasteiger partial charge is 0.306 e. The van der Waals surface area contributed by atoms with Crippen LogP contribution in [0, 0.1) is 5.41 Å². The molecule has 46 heavy (non-hydrogen) atoms. The number of anilines is 1. The summed E-state index contributed by atoms with van der Waals surface area (Å²) in [5, 5.41) is 5.33. The van der Waals surface area contributed by atoms with Gasteiger partial charge in [-0.1, -0.05) is 35.9 Å². The molecule has 0 spiro atoms. The number of nitrogens with zero attached hydrogens (tertiary/aromatic N) is 4. The number of carbonyl (C=O) groups is 3. The number of halogens is 1. The van der Waals surface area contributed by atoms with Crippen molar-refractivity contribution < 1.29 is 19.1 Å². The van der Waals surface area contributed by atoms with Crippen molar-refractivity contribution in [1.82, 2.24) is 25.2 Å². The van der Waals surface area contributed by atoms with E-state index < -0.39 is 5.60 Å². The fourth-order valence-electron chi connectivity index (χ4n) is 6.53. The van der Waals surface area contributed by atoms with E-state index in [0.717, 1.165) is 35.3 Å². The van der Waals surface area contributed by atoms with Gasteiger partial charge in [-0.15, -0.1) is 0 Å². The predicted octanol–water partition coefficient (Wildman–Crippen LogP) is 5.95. The maximum absolute atomic E-state index is 13.3. The molecule has 2 N–H and O–H groups in total. The molecule has 6 rings (SSSR count). The van der Waals surface area contributed by atoms with Crippen LogP contribution in [0.3, 0.4) is 0 Å². The van der Waals surface area contributed by atoms with E-state index in [1.54, 1.807) is 30.6 Å². The minimum absolute atomic E-state index is 0.198. The molecule has 1 unspecified atom stereocenters. The number of aromatic nitrogens is 3. The van der Waals surface area contributed by atoms with Gasteiger partial charge in [0, 0.05) is 43.4 Å². The molecule has 2 amide bonds. The van der Waals surface area contributed by atoms with Crippen molar-refractivity contribution >= 4 is 46.2 Å². The molecule has 0 aliphatic carbocycles. The fraction of sp³-hybridized carbons (Fsp3) is 0.400. The lowest BCUT2D eigenvalue weighted by atomic mass is 9.75. The number of nitrogens with one attached hydrogen (secondary N) is 2. The van der Waals surface area contributed by atoms with Crippen molar-refractivity contribution in [3.8, 4) is 0 Å². The summed E-state index contributed by atoms with van der Waals surface area (Å²) in [5.74, 6) is 0.105. The zero-order chi connectivity index (χ0) is 32.5. The second-order valence-electron chi connectivity index (χ2n) is 13.3. The highest BCUT2D eigenvalue weighted by Gasteiger charge is 2.40. The van der Waals surface area contributed by atoms with Gasteiger partial charge in [0.2, 0.25) is 0 Å². The Kier molecular flexibility index (Phi) is 8.85. The number of benzene rings is 2. The molecule has 1 fully saturated rings. The number of ether oxygens (including phenoxy) is 1. The molecule has 2 aliphatic heterocycles. The largest absolute Gasteiger partial charge is 0.460 e. The van der Waals surface area contributed by atoms with Gasteiger partial charge in [-0.2, -0.15) is 0 Å². The van der Waals surface area contributed by atoms with Gasteiger partial charge in [0.05, 0.1) is 22.9 Å². The second-order valence-corrected chi connectivity index (χ2v) is 13.7. The van der Waals surface area contributed by atoms with Crippen LogP contribution >= 0.6 is 11.6 Å². The Labute approximate surface area is 273 Å². The molecule has 4 aromatic rings. The Bertz CT molecular complexity index is 1700. The first-order valence-corrected chi connectivity index (χ1v) is 16.1. The number of imide groups is 1. The first-order chi connectivity index (χ1) is 22.0. The van der Waals surface area contributed by atoms with Crippen molar-refractivity contribution in [1.29, 1.82) is 0 Å². The molecule has 10 nitrogen and oxygen atoms in total. The normalized spacial score (nSPS) is 17.0. The van der Waals surface area contributed by atoms with Gasteiger partial charge in [0.1, 0.15) is 23.4 Å². The third kappa shape index (κ3) is 6.78. The van der Waals surface area contributed by atoms with Crippen molar-refractivity contribution in [3.63, 3.8) is 0 Å². The molecule has 0 radical (unpaired) electrons. The summed E-state index contributed by atoms with van der Waals surface area (Å²) in [6, 6.07) is 16.3. The summed E-state index contributed by atoms with van der Waals surface area (Å²) in [5.41, 5.74) is 1.68. The SMILES string of the molecule is CC(C)(C)OC(=O)CC1(CNC(CCN2C(=O)c3ccccc3C2=O)c2ccc(Cl)cc2)CCN(c2ncnc3[nH]ccc23)CC1. The number of esters is 1. The third-order valence-corrected chi connectivity index (χ3v) is 9.16. The van der Waals surface area contributed by atoms with Crippen LogP contribution in [0.15, 0.2) is 67.1 Å². The van der Waals surface area contributed by atoms with Crippen LogP contribution < -0.4 is 10.2 Å². The van der Waals surface area contributed by atoms with Crippen LogP contribution in [0.4, 0.5) is 5.82 Å². The van der Waals surface area contributed by atoms with E-state index in [4.69, 9.17) is 16.3 Å². The highest BCUT2D eigenvalue weighted by atomic mass is 35.5. The van der Waals surface area contributed by atoms with Crippen molar-refractivity contribution in [2.24, 2.45) is 5.41 Å². The second kappa shape index (κ2) is 12.8. The number of carbonyl (C=O) groups excluding carboxylic acids is 3. The number of aromatic amines is 1. The maximum Gasteiger partial charge on any atom is 0.306 e. The molecule has 1 saturated heterocycles. The van der Waals surface area contributed by atoms with Crippen LogP contribution in [-0.2, 0) is 9.53 Å². The van der Waals surface area contributed by atoms with Gasteiger partial charge in [-0.05, 0) is 81.3 Å². The van der Waals surface area contributed by atoms with E-state index in [2.05, 4.69) is 25.2 Å². The Hall–Kier alpha value is -4.28.